The number of aliphatic carboxylic acids is 1. The molecule has 0 spiro atoms. The van der Waals surface area contributed by atoms with Gasteiger partial charge in [-0.25, -0.2) is 0 Å². The third kappa shape index (κ3) is 1.10. The first-order valence-electron chi connectivity index (χ1n) is 5.21. The van der Waals surface area contributed by atoms with Gasteiger partial charge in [0, 0.05) is 23.0 Å². The van der Waals surface area contributed by atoms with E-state index in [1.165, 1.54) is 0 Å². The Hall–Kier alpha value is -1.81. The highest BCUT2D eigenvalue weighted by Crippen LogP contribution is 2.51. The highest BCUT2D eigenvalue weighted by Gasteiger charge is 2.58. The lowest BCUT2D eigenvalue weighted by molar-refractivity contribution is -0.139. The van der Waals surface area contributed by atoms with E-state index < -0.39 is 11.5 Å². The molecule has 1 aromatic heterocycles. The van der Waals surface area contributed by atoms with Crippen molar-refractivity contribution in [3.05, 3.63) is 36.0 Å². The van der Waals surface area contributed by atoms with Gasteiger partial charge in [0.05, 0.1) is 0 Å². The monoisotopic (exact) mass is 216 g/mol. The van der Waals surface area contributed by atoms with Gasteiger partial charge in [0.2, 0.25) is 0 Å². The fourth-order valence-corrected chi connectivity index (χ4v) is 2.28. The van der Waals surface area contributed by atoms with Crippen molar-refractivity contribution in [2.75, 3.05) is 0 Å². The van der Waals surface area contributed by atoms with E-state index in [0.29, 0.717) is 6.42 Å². The number of aromatic amines is 1. The van der Waals surface area contributed by atoms with E-state index in [9.17, 15) is 4.79 Å². The molecule has 1 heterocycles. The summed E-state index contributed by atoms with van der Waals surface area (Å²) in [6.07, 6.45) is 2.39. The number of carboxylic acid groups (broad SMARTS) is 1. The van der Waals surface area contributed by atoms with E-state index in [-0.39, 0.29) is 5.92 Å². The van der Waals surface area contributed by atoms with Gasteiger partial charge >= 0.3 is 5.97 Å². The highest BCUT2D eigenvalue weighted by atomic mass is 16.4. The molecular weight excluding hydrogens is 204 g/mol. The average molecular weight is 216 g/mol. The lowest BCUT2D eigenvalue weighted by atomic mass is 10.1. The van der Waals surface area contributed by atoms with Gasteiger partial charge in [-0.3, -0.25) is 4.79 Å². The molecule has 4 nitrogen and oxygen atoms in total. The van der Waals surface area contributed by atoms with E-state index in [2.05, 4.69) is 4.98 Å². The zero-order chi connectivity index (χ0) is 11.3. The first-order valence-corrected chi connectivity index (χ1v) is 5.21. The molecule has 1 fully saturated rings. The molecule has 0 saturated heterocycles. The number of fused-ring (bicyclic) bond motifs is 1. The van der Waals surface area contributed by atoms with E-state index in [1.54, 1.807) is 0 Å². The standard InChI is InChI=1S/C12H12N2O2/c13-12(11(15)16)5-9(12)8-6-14-10-4-2-1-3-7(8)10/h1-4,6,9,14H,5,13H2,(H,15,16)/t9-,12-/m1/s1. The molecule has 16 heavy (non-hydrogen) atoms. The second-order valence-electron chi connectivity index (χ2n) is 4.39. The predicted octanol–water partition coefficient (Wildman–Crippen LogP) is 1.44. The molecule has 0 aliphatic heterocycles. The van der Waals surface area contributed by atoms with Crippen LogP contribution in [0.15, 0.2) is 30.5 Å². The number of H-pyrrole nitrogens is 1. The second kappa shape index (κ2) is 2.86. The molecule has 1 aliphatic carbocycles. The lowest BCUT2D eigenvalue weighted by Gasteiger charge is -2.03. The Morgan fingerprint density at radius 2 is 2.25 bits per heavy atom. The number of para-hydroxylation sites is 1. The van der Waals surface area contributed by atoms with Gasteiger partial charge < -0.3 is 15.8 Å². The number of nitrogens with one attached hydrogen (secondary N) is 1. The Morgan fingerprint density at radius 1 is 1.50 bits per heavy atom. The minimum Gasteiger partial charge on any atom is -0.480 e. The van der Waals surface area contributed by atoms with Crippen LogP contribution < -0.4 is 5.73 Å². The molecule has 4 heteroatoms. The van der Waals surface area contributed by atoms with E-state index in [0.717, 1.165) is 16.5 Å². The molecule has 0 bridgehead atoms. The Balaban J connectivity index is 2.06. The van der Waals surface area contributed by atoms with Crippen LogP contribution in [0, 0.1) is 0 Å². The van der Waals surface area contributed by atoms with Gasteiger partial charge in [0.15, 0.2) is 0 Å². The van der Waals surface area contributed by atoms with Crippen LogP contribution in [0.3, 0.4) is 0 Å². The number of hydrogen-bond acceptors (Lipinski definition) is 2. The fraction of sp³-hybridized carbons (Fsp3) is 0.250. The number of rotatable bonds is 2. The Morgan fingerprint density at radius 3 is 2.94 bits per heavy atom. The van der Waals surface area contributed by atoms with E-state index >= 15 is 0 Å². The molecule has 82 valence electrons. The zero-order valence-corrected chi connectivity index (χ0v) is 8.60. The summed E-state index contributed by atoms with van der Waals surface area (Å²) in [7, 11) is 0. The van der Waals surface area contributed by atoms with Crippen molar-refractivity contribution in [2.45, 2.75) is 17.9 Å². The number of hydrogen-bond donors (Lipinski definition) is 3. The molecule has 1 aliphatic rings. The molecular formula is C12H12N2O2. The van der Waals surface area contributed by atoms with Crippen LogP contribution in [-0.2, 0) is 4.79 Å². The maximum Gasteiger partial charge on any atom is 0.324 e. The van der Waals surface area contributed by atoms with Crippen molar-refractivity contribution in [1.29, 1.82) is 0 Å². The first kappa shape index (κ1) is 9.42. The predicted molar refractivity (Wildman–Crippen MR) is 60.2 cm³/mol. The minimum absolute atomic E-state index is 0.0684. The first-order chi connectivity index (χ1) is 7.63. The van der Waals surface area contributed by atoms with Crippen molar-refractivity contribution in [2.24, 2.45) is 5.73 Å². The van der Waals surface area contributed by atoms with Gasteiger partial charge in [-0.2, -0.15) is 0 Å². The fourth-order valence-electron chi connectivity index (χ4n) is 2.28. The minimum atomic E-state index is -1.06. The van der Waals surface area contributed by atoms with Crippen molar-refractivity contribution >= 4 is 16.9 Å². The molecule has 0 unspecified atom stereocenters. The van der Waals surface area contributed by atoms with Crippen LogP contribution in [0.1, 0.15) is 17.9 Å². The molecule has 0 radical (unpaired) electrons. The van der Waals surface area contributed by atoms with E-state index in [4.69, 9.17) is 10.8 Å². The second-order valence-corrected chi connectivity index (χ2v) is 4.39. The maximum absolute atomic E-state index is 11.0. The highest BCUT2D eigenvalue weighted by molar-refractivity contribution is 5.90. The summed E-state index contributed by atoms with van der Waals surface area (Å²) in [5.74, 6) is -0.982. The quantitative estimate of drug-likeness (QED) is 0.710. The summed E-state index contributed by atoms with van der Waals surface area (Å²) >= 11 is 0. The third-order valence-corrected chi connectivity index (χ3v) is 3.40. The van der Waals surface area contributed by atoms with E-state index in [1.807, 2.05) is 30.5 Å². The van der Waals surface area contributed by atoms with Crippen LogP contribution >= 0.6 is 0 Å². The maximum atomic E-state index is 11.0. The Bertz CT molecular complexity index is 575. The zero-order valence-electron chi connectivity index (χ0n) is 8.60. The summed E-state index contributed by atoms with van der Waals surface area (Å²) in [4.78, 5) is 14.1. The van der Waals surface area contributed by atoms with Crippen molar-refractivity contribution < 1.29 is 9.90 Å². The largest absolute Gasteiger partial charge is 0.480 e. The number of carboxylic acids is 1. The van der Waals surface area contributed by atoms with Crippen molar-refractivity contribution in [3.8, 4) is 0 Å². The molecule has 4 N–H and O–H groups in total. The molecule has 0 amide bonds. The summed E-state index contributed by atoms with van der Waals surface area (Å²) in [5, 5.41) is 10.1. The van der Waals surface area contributed by atoms with Gasteiger partial charge in [0.1, 0.15) is 5.54 Å². The van der Waals surface area contributed by atoms with Crippen LogP contribution in [0.5, 0.6) is 0 Å². The number of nitrogens with two attached hydrogens (primary N) is 1. The third-order valence-electron chi connectivity index (χ3n) is 3.40. The lowest BCUT2D eigenvalue weighted by Crippen LogP contribution is -2.34. The summed E-state index contributed by atoms with van der Waals surface area (Å²) in [6, 6.07) is 7.85. The van der Waals surface area contributed by atoms with Crippen LogP contribution in [-0.4, -0.2) is 21.6 Å². The molecule has 2 aromatic rings. The molecule has 2 atom stereocenters. The van der Waals surface area contributed by atoms with Gasteiger partial charge in [-0.1, -0.05) is 18.2 Å². The van der Waals surface area contributed by atoms with Crippen LogP contribution in [0.2, 0.25) is 0 Å². The number of benzene rings is 1. The molecule has 1 aromatic carbocycles. The Labute approximate surface area is 92.1 Å². The van der Waals surface area contributed by atoms with Gasteiger partial charge in [-0.15, -0.1) is 0 Å². The van der Waals surface area contributed by atoms with Gasteiger partial charge in [0.25, 0.3) is 0 Å². The molecule has 3 rings (SSSR count). The SMILES string of the molecule is N[C@]1(C(=O)O)C[C@@H]1c1c[nH]c2ccccc12. The smallest absolute Gasteiger partial charge is 0.324 e. The number of carbonyl (C=O) groups is 1. The summed E-state index contributed by atoms with van der Waals surface area (Å²) in [5.41, 5.74) is 6.78. The molecule has 1 saturated carbocycles. The van der Waals surface area contributed by atoms with Crippen LogP contribution in [0.4, 0.5) is 0 Å². The summed E-state index contributed by atoms with van der Waals surface area (Å²) in [6.45, 7) is 0. The topological polar surface area (TPSA) is 79.1 Å². The van der Waals surface area contributed by atoms with Crippen molar-refractivity contribution in [3.63, 3.8) is 0 Å². The summed E-state index contributed by atoms with van der Waals surface area (Å²) < 4.78 is 0. The normalized spacial score (nSPS) is 28.2. The average Bonchev–Trinajstić information content (AvgIpc) is 2.80. The van der Waals surface area contributed by atoms with Gasteiger partial charge in [-0.05, 0) is 18.1 Å². The Kier molecular flexibility index (Phi) is 1.68. The van der Waals surface area contributed by atoms with Crippen molar-refractivity contribution in [1.82, 2.24) is 4.98 Å². The van der Waals surface area contributed by atoms with Crippen LogP contribution in [0.25, 0.3) is 10.9 Å². The number of aromatic nitrogens is 1.